The number of carboxylic acids is 1. The lowest BCUT2D eigenvalue weighted by Crippen LogP contribution is -2.02. The van der Waals surface area contributed by atoms with E-state index in [-0.39, 0.29) is 5.56 Å². The number of carboxylic acid groups (broad SMARTS) is 1. The molecule has 1 heterocycles. The third-order valence-corrected chi connectivity index (χ3v) is 3.52. The average molecular weight is 285 g/mol. The van der Waals surface area contributed by atoms with Gasteiger partial charge in [0.25, 0.3) is 0 Å². The van der Waals surface area contributed by atoms with Crippen molar-refractivity contribution < 1.29 is 14.6 Å². The first-order valence-electron chi connectivity index (χ1n) is 7.01. The van der Waals surface area contributed by atoms with E-state index in [2.05, 4.69) is 31.0 Å². The van der Waals surface area contributed by atoms with Gasteiger partial charge in [-0.15, -0.1) is 0 Å². The Bertz CT molecular complexity index is 590. The van der Waals surface area contributed by atoms with Crippen molar-refractivity contribution in [1.29, 1.82) is 0 Å². The van der Waals surface area contributed by atoms with Gasteiger partial charge >= 0.3 is 5.97 Å². The van der Waals surface area contributed by atoms with Gasteiger partial charge < -0.3 is 9.84 Å². The van der Waals surface area contributed by atoms with Crippen LogP contribution in [0.3, 0.4) is 0 Å². The SMILES string of the molecule is CCC(C)c1ccc(OCc2ccc(C(=O)O)cn2)cc1. The van der Waals surface area contributed by atoms with E-state index in [9.17, 15) is 4.79 Å². The minimum absolute atomic E-state index is 0.177. The molecule has 0 amide bonds. The Balaban J connectivity index is 1.95. The lowest BCUT2D eigenvalue weighted by Gasteiger charge is -2.10. The second kappa shape index (κ2) is 6.88. The maximum Gasteiger partial charge on any atom is 0.337 e. The third-order valence-electron chi connectivity index (χ3n) is 3.52. The van der Waals surface area contributed by atoms with Gasteiger partial charge in [-0.25, -0.2) is 4.79 Å². The molecule has 1 aromatic heterocycles. The fourth-order valence-electron chi connectivity index (χ4n) is 1.92. The van der Waals surface area contributed by atoms with E-state index >= 15 is 0 Å². The highest BCUT2D eigenvalue weighted by Crippen LogP contribution is 2.21. The van der Waals surface area contributed by atoms with Crippen molar-refractivity contribution in [2.75, 3.05) is 0 Å². The normalized spacial score (nSPS) is 11.9. The maximum atomic E-state index is 10.7. The number of aromatic carboxylic acids is 1. The summed E-state index contributed by atoms with van der Waals surface area (Å²) in [5, 5.41) is 8.80. The Labute approximate surface area is 124 Å². The summed E-state index contributed by atoms with van der Waals surface area (Å²) in [5.41, 5.74) is 2.18. The molecule has 0 aliphatic heterocycles. The largest absolute Gasteiger partial charge is 0.487 e. The van der Waals surface area contributed by atoms with Crippen molar-refractivity contribution in [3.63, 3.8) is 0 Å². The van der Waals surface area contributed by atoms with Crippen LogP contribution in [0.5, 0.6) is 5.75 Å². The van der Waals surface area contributed by atoms with Crippen LogP contribution in [0.2, 0.25) is 0 Å². The van der Waals surface area contributed by atoms with E-state index < -0.39 is 5.97 Å². The first-order valence-corrected chi connectivity index (χ1v) is 7.01. The van der Waals surface area contributed by atoms with Crippen molar-refractivity contribution in [2.45, 2.75) is 32.8 Å². The quantitative estimate of drug-likeness (QED) is 0.875. The van der Waals surface area contributed by atoms with Gasteiger partial charge in [0.2, 0.25) is 0 Å². The first-order chi connectivity index (χ1) is 10.1. The predicted octanol–water partition coefficient (Wildman–Crippen LogP) is 3.87. The number of hydrogen-bond donors (Lipinski definition) is 1. The van der Waals surface area contributed by atoms with Gasteiger partial charge in [-0.3, -0.25) is 4.98 Å². The van der Waals surface area contributed by atoms with Crippen LogP contribution < -0.4 is 4.74 Å². The van der Waals surface area contributed by atoms with Gasteiger partial charge in [0.1, 0.15) is 12.4 Å². The number of hydrogen-bond acceptors (Lipinski definition) is 3. The zero-order valence-electron chi connectivity index (χ0n) is 12.2. The zero-order valence-corrected chi connectivity index (χ0v) is 12.2. The van der Waals surface area contributed by atoms with Gasteiger partial charge in [0.15, 0.2) is 0 Å². The minimum atomic E-state index is -0.976. The minimum Gasteiger partial charge on any atom is -0.487 e. The lowest BCUT2D eigenvalue weighted by atomic mass is 9.99. The van der Waals surface area contributed by atoms with Crippen molar-refractivity contribution in [1.82, 2.24) is 4.98 Å². The van der Waals surface area contributed by atoms with E-state index in [1.165, 1.54) is 17.8 Å². The molecule has 0 bridgehead atoms. The monoisotopic (exact) mass is 285 g/mol. The molecule has 2 aromatic rings. The molecular weight excluding hydrogens is 266 g/mol. The molecule has 0 saturated heterocycles. The summed E-state index contributed by atoms with van der Waals surface area (Å²) in [6.07, 6.45) is 2.45. The van der Waals surface area contributed by atoms with Crippen LogP contribution in [0.25, 0.3) is 0 Å². The first kappa shape index (κ1) is 15.0. The van der Waals surface area contributed by atoms with Crippen LogP contribution in [0.1, 0.15) is 47.8 Å². The second-order valence-corrected chi connectivity index (χ2v) is 5.01. The molecule has 4 heteroatoms. The summed E-state index contributed by atoms with van der Waals surface area (Å²) >= 11 is 0. The maximum absolute atomic E-state index is 10.7. The van der Waals surface area contributed by atoms with Crippen molar-refractivity contribution in [3.8, 4) is 5.75 Å². The molecule has 0 saturated carbocycles. The molecule has 1 unspecified atom stereocenters. The molecule has 1 atom stereocenters. The Morgan fingerprint density at radius 1 is 1.24 bits per heavy atom. The van der Waals surface area contributed by atoms with E-state index in [0.717, 1.165) is 12.2 Å². The van der Waals surface area contributed by atoms with E-state index in [1.54, 1.807) is 6.07 Å². The van der Waals surface area contributed by atoms with Crippen molar-refractivity contribution in [3.05, 3.63) is 59.4 Å². The molecule has 0 spiro atoms. The number of aromatic nitrogens is 1. The standard InChI is InChI=1S/C17H19NO3/c1-3-12(2)13-5-8-16(9-6-13)21-11-15-7-4-14(10-18-15)17(19)20/h4-10,12H,3,11H2,1-2H3,(H,19,20). The summed E-state index contributed by atoms with van der Waals surface area (Å²) < 4.78 is 5.65. The molecule has 4 nitrogen and oxygen atoms in total. The molecule has 0 fully saturated rings. The second-order valence-electron chi connectivity index (χ2n) is 5.01. The fraction of sp³-hybridized carbons (Fsp3) is 0.294. The van der Waals surface area contributed by atoms with Crippen LogP contribution in [0.4, 0.5) is 0 Å². The molecular formula is C17H19NO3. The van der Waals surface area contributed by atoms with E-state index in [4.69, 9.17) is 9.84 Å². The highest BCUT2D eigenvalue weighted by Gasteiger charge is 2.05. The van der Waals surface area contributed by atoms with Crippen LogP contribution in [-0.2, 0) is 6.61 Å². The Hall–Kier alpha value is -2.36. The fourth-order valence-corrected chi connectivity index (χ4v) is 1.92. The van der Waals surface area contributed by atoms with Crippen molar-refractivity contribution in [2.24, 2.45) is 0 Å². The molecule has 0 radical (unpaired) electrons. The lowest BCUT2D eigenvalue weighted by molar-refractivity contribution is 0.0696. The topological polar surface area (TPSA) is 59.4 Å². The number of ether oxygens (including phenoxy) is 1. The summed E-state index contributed by atoms with van der Waals surface area (Å²) in [4.78, 5) is 14.8. The van der Waals surface area contributed by atoms with Gasteiger partial charge in [-0.1, -0.05) is 26.0 Å². The predicted molar refractivity (Wildman–Crippen MR) is 80.7 cm³/mol. The number of pyridine rings is 1. The third kappa shape index (κ3) is 4.05. The van der Waals surface area contributed by atoms with Gasteiger partial charge in [0, 0.05) is 6.20 Å². The molecule has 21 heavy (non-hydrogen) atoms. The molecule has 1 N–H and O–H groups in total. The highest BCUT2D eigenvalue weighted by atomic mass is 16.5. The van der Waals surface area contributed by atoms with Crippen LogP contribution in [0, 0.1) is 0 Å². The molecule has 0 aliphatic rings. The zero-order chi connectivity index (χ0) is 15.2. The van der Waals surface area contributed by atoms with Crippen LogP contribution >= 0.6 is 0 Å². The highest BCUT2D eigenvalue weighted by molar-refractivity contribution is 5.87. The Morgan fingerprint density at radius 3 is 2.48 bits per heavy atom. The van der Waals surface area contributed by atoms with Gasteiger partial charge in [-0.2, -0.15) is 0 Å². The van der Waals surface area contributed by atoms with E-state index in [0.29, 0.717) is 18.2 Å². The van der Waals surface area contributed by atoms with Crippen molar-refractivity contribution >= 4 is 5.97 Å². The number of nitrogens with zero attached hydrogens (tertiary/aromatic N) is 1. The number of rotatable bonds is 6. The Kier molecular flexibility index (Phi) is 4.93. The van der Waals surface area contributed by atoms with Crippen LogP contribution in [-0.4, -0.2) is 16.1 Å². The number of benzene rings is 1. The molecule has 1 aromatic carbocycles. The summed E-state index contributed by atoms with van der Waals surface area (Å²) in [5.74, 6) is 0.353. The molecule has 0 aliphatic carbocycles. The van der Waals surface area contributed by atoms with Gasteiger partial charge in [-0.05, 0) is 42.2 Å². The van der Waals surface area contributed by atoms with E-state index in [1.807, 2.05) is 12.1 Å². The summed E-state index contributed by atoms with van der Waals surface area (Å²) in [6.45, 7) is 4.69. The summed E-state index contributed by atoms with van der Waals surface area (Å²) in [7, 11) is 0. The Morgan fingerprint density at radius 2 is 1.95 bits per heavy atom. The smallest absolute Gasteiger partial charge is 0.337 e. The van der Waals surface area contributed by atoms with Crippen LogP contribution in [0.15, 0.2) is 42.6 Å². The molecule has 110 valence electrons. The van der Waals surface area contributed by atoms with Gasteiger partial charge in [0.05, 0.1) is 11.3 Å². The number of carbonyl (C=O) groups is 1. The summed E-state index contributed by atoms with van der Waals surface area (Å²) in [6, 6.07) is 11.2. The average Bonchev–Trinajstić information content (AvgIpc) is 2.53. The molecule has 2 rings (SSSR count).